The molecule has 3 aromatic carbocycles. The summed E-state index contributed by atoms with van der Waals surface area (Å²) in [4.78, 5) is 29.3. The summed E-state index contributed by atoms with van der Waals surface area (Å²) < 4.78 is 5.21. The predicted octanol–water partition coefficient (Wildman–Crippen LogP) is 6.45. The number of carbonyl (C=O) groups is 2. The molecule has 0 aromatic heterocycles. The Balaban J connectivity index is 1.38. The molecule has 0 saturated heterocycles. The van der Waals surface area contributed by atoms with E-state index in [2.05, 4.69) is 53.4 Å². The number of hydrogen-bond acceptors (Lipinski definition) is 4. The topological polar surface area (TPSA) is 49.9 Å². The summed E-state index contributed by atoms with van der Waals surface area (Å²) in [5.41, 5.74) is 6.34. The molecule has 2 aliphatic rings. The van der Waals surface area contributed by atoms with Crippen molar-refractivity contribution in [2.75, 3.05) is 23.9 Å². The number of benzene rings is 3. The summed E-state index contributed by atoms with van der Waals surface area (Å²) in [6.07, 6.45) is 4.64. The van der Waals surface area contributed by atoms with Crippen LogP contribution in [0.3, 0.4) is 0 Å². The molecule has 0 aliphatic heterocycles. The van der Waals surface area contributed by atoms with Gasteiger partial charge in [0.15, 0.2) is 0 Å². The lowest BCUT2D eigenvalue weighted by molar-refractivity contribution is -0.142. The number of rotatable bonds is 8. The van der Waals surface area contributed by atoms with Crippen LogP contribution in [0.15, 0.2) is 72.8 Å². The van der Waals surface area contributed by atoms with Gasteiger partial charge < -0.3 is 14.5 Å². The van der Waals surface area contributed by atoms with Crippen LogP contribution in [0.25, 0.3) is 11.1 Å². The van der Waals surface area contributed by atoms with Gasteiger partial charge in [0.2, 0.25) is 5.91 Å². The Kier molecular flexibility index (Phi) is 7.31. The van der Waals surface area contributed by atoms with E-state index in [1.807, 2.05) is 43.3 Å². The second-order valence-corrected chi connectivity index (χ2v) is 10.8. The molecule has 0 heterocycles. The molecular weight excluding hydrogens is 460 g/mol. The Bertz CT molecular complexity index is 1250. The van der Waals surface area contributed by atoms with Gasteiger partial charge in [-0.05, 0) is 77.6 Å². The molecule has 0 spiro atoms. The summed E-state index contributed by atoms with van der Waals surface area (Å²) in [6.45, 7) is 2.14. The number of amides is 1. The van der Waals surface area contributed by atoms with Crippen LogP contribution in [-0.4, -0.2) is 26.0 Å². The number of carbonyl (C=O) groups excluding carboxylic acids is 2. The van der Waals surface area contributed by atoms with Crippen molar-refractivity contribution in [2.45, 2.75) is 45.8 Å². The van der Waals surface area contributed by atoms with Gasteiger partial charge in [-0.15, -0.1) is 0 Å². The van der Waals surface area contributed by atoms with E-state index in [9.17, 15) is 9.59 Å². The minimum absolute atomic E-state index is 0.102. The maximum absolute atomic E-state index is 13.9. The van der Waals surface area contributed by atoms with E-state index < -0.39 is 0 Å². The third-order valence-corrected chi connectivity index (χ3v) is 8.00. The third kappa shape index (κ3) is 5.71. The van der Waals surface area contributed by atoms with Gasteiger partial charge in [-0.2, -0.15) is 0 Å². The average Bonchev–Trinajstić information content (AvgIpc) is 3.55. The van der Waals surface area contributed by atoms with E-state index >= 15 is 0 Å². The first-order chi connectivity index (χ1) is 17.9. The van der Waals surface area contributed by atoms with Crippen molar-refractivity contribution in [1.82, 2.24) is 0 Å². The van der Waals surface area contributed by atoms with E-state index in [0.717, 1.165) is 28.8 Å². The average molecular weight is 497 g/mol. The van der Waals surface area contributed by atoms with Crippen LogP contribution in [0.5, 0.6) is 0 Å². The minimum atomic E-state index is -0.309. The molecule has 1 amide bonds. The van der Waals surface area contributed by atoms with E-state index in [4.69, 9.17) is 4.74 Å². The van der Waals surface area contributed by atoms with Crippen LogP contribution in [0.1, 0.15) is 43.7 Å². The van der Waals surface area contributed by atoms with Crippen molar-refractivity contribution in [2.24, 2.45) is 17.8 Å². The first-order valence-electron chi connectivity index (χ1n) is 13.3. The van der Waals surface area contributed by atoms with Crippen molar-refractivity contribution in [3.63, 3.8) is 0 Å². The Morgan fingerprint density at radius 2 is 1.54 bits per heavy atom. The van der Waals surface area contributed by atoms with Crippen molar-refractivity contribution in [3.8, 4) is 11.1 Å². The van der Waals surface area contributed by atoms with Gasteiger partial charge in [-0.1, -0.05) is 55.0 Å². The lowest BCUT2D eigenvalue weighted by atomic mass is 9.87. The first kappa shape index (κ1) is 25.1. The fraction of sp³-hybridized carbons (Fsp3) is 0.375. The highest BCUT2D eigenvalue weighted by atomic mass is 16.5. The molecule has 3 atom stereocenters. The number of fused-ring (bicyclic) bond motifs is 2. The van der Waals surface area contributed by atoms with Crippen LogP contribution in [-0.2, 0) is 27.5 Å². The molecule has 2 aliphatic carbocycles. The van der Waals surface area contributed by atoms with Gasteiger partial charge >= 0.3 is 5.97 Å². The molecule has 0 N–H and O–H groups in total. The summed E-state index contributed by atoms with van der Waals surface area (Å²) in [5, 5.41) is 0. The molecule has 5 heteroatoms. The quantitative estimate of drug-likeness (QED) is 0.336. The molecule has 3 aromatic rings. The molecule has 5 nitrogen and oxygen atoms in total. The SMILES string of the molecule is CC(=O)OCc1cccc(N(Cc2ccc(-c3ccc(N(C)C)cc3)cc2)C(=O)[C@@H]2CC3CCC2C3)c1. The van der Waals surface area contributed by atoms with Gasteiger partial charge in [0.05, 0.1) is 6.54 Å². The highest BCUT2D eigenvalue weighted by Gasteiger charge is 2.44. The molecule has 2 bridgehead atoms. The van der Waals surface area contributed by atoms with Crippen LogP contribution >= 0.6 is 0 Å². The predicted molar refractivity (Wildman–Crippen MR) is 148 cm³/mol. The van der Waals surface area contributed by atoms with Crippen molar-refractivity contribution in [1.29, 1.82) is 0 Å². The van der Waals surface area contributed by atoms with E-state index in [1.54, 1.807) is 0 Å². The van der Waals surface area contributed by atoms with Gasteiger partial charge in [0.25, 0.3) is 0 Å². The highest BCUT2D eigenvalue weighted by Crippen LogP contribution is 2.49. The normalized spacial score (nSPS) is 20.0. The molecular formula is C32H36N2O3. The number of ether oxygens (including phenoxy) is 1. The van der Waals surface area contributed by atoms with Crippen molar-refractivity contribution < 1.29 is 14.3 Å². The van der Waals surface area contributed by atoms with Gasteiger partial charge in [-0.25, -0.2) is 0 Å². The Morgan fingerprint density at radius 3 is 2.14 bits per heavy atom. The fourth-order valence-corrected chi connectivity index (χ4v) is 5.98. The Hall–Kier alpha value is -3.60. The Morgan fingerprint density at radius 1 is 0.838 bits per heavy atom. The number of nitrogens with zero attached hydrogens (tertiary/aromatic N) is 2. The zero-order valence-corrected chi connectivity index (χ0v) is 22.0. The van der Waals surface area contributed by atoms with Crippen LogP contribution in [0, 0.1) is 17.8 Å². The molecule has 0 radical (unpaired) electrons. The van der Waals surface area contributed by atoms with Crippen molar-refractivity contribution >= 4 is 23.3 Å². The number of anilines is 2. The van der Waals surface area contributed by atoms with Crippen LogP contribution in [0.2, 0.25) is 0 Å². The molecule has 37 heavy (non-hydrogen) atoms. The Labute approximate surface area is 220 Å². The summed E-state index contributed by atoms with van der Waals surface area (Å²) in [7, 11) is 4.08. The first-order valence-corrected chi connectivity index (χ1v) is 13.3. The standard InChI is InChI=1S/C32H36N2O3/c1-22(35)37-21-25-5-4-6-30(18-25)34(32(36)31-19-24-9-12-28(31)17-24)20-23-7-10-26(11-8-23)27-13-15-29(16-14-27)33(2)3/h4-8,10-11,13-16,18,24,28,31H,9,12,17,19-21H2,1-3H3/t24?,28?,31-/m1/s1. The monoisotopic (exact) mass is 496 g/mol. The van der Waals surface area contributed by atoms with Gasteiger partial charge in [0, 0.05) is 38.3 Å². The number of esters is 1. The van der Waals surface area contributed by atoms with E-state index in [1.165, 1.54) is 37.4 Å². The van der Waals surface area contributed by atoms with Crippen molar-refractivity contribution in [3.05, 3.63) is 83.9 Å². The van der Waals surface area contributed by atoms with Gasteiger partial charge in [-0.3, -0.25) is 9.59 Å². The second-order valence-electron chi connectivity index (χ2n) is 10.8. The van der Waals surface area contributed by atoms with Crippen LogP contribution in [0.4, 0.5) is 11.4 Å². The zero-order valence-electron chi connectivity index (χ0n) is 22.0. The zero-order chi connectivity index (χ0) is 25.9. The number of hydrogen-bond donors (Lipinski definition) is 0. The summed E-state index contributed by atoms with van der Waals surface area (Å²) >= 11 is 0. The third-order valence-electron chi connectivity index (χ3n) is 8.00. The van der Waals surface area contributed by atoms with E-state index in [0.29, 0.717) is 18.4 Å². The molecule has 5 rings (SSSR count). The maximum atomic E-state index is 13.9. The minimum Gasteiger partial charge on any atom is -0.461 e. The summed E-state index contributed by atoms with van der Waals surface area (Å²) in [6, 6.07) is 24.9. The lowest BCUT2D eigenvalue weighted by Gasteiger charge is -2.30. The van der Waals surface area contributed by atoms with Gasteiger partial charge in [0.1, 0.15) is 6.61 Å². The largest absolute Gasteiger partial charge is 0.461 e. The second kappa shape index (κ2) is 10.8. The maximum Gasteiger partial charge on any atom is 0.302 e. The van der Waals surface area contributed by atoms with E-state index in [-0.39, 0.29) is 24.4 Å². The molecule has 2 saturated carbocycles. The highest BCUT2D eigenvalue weighted by molar-refractivity contribution is 5.95. The fourth-order valence-electron chi connectivity index (χ4n) is 5.98. The summed E-state index contributed by atoms with van der Waals surface area (Å²) in [5.74, 6) is 1.23. The van der Waals surface area contributed by atoms with Crippen LogP contribution < -0.4 is 9.80 Å². The lowest BCUT2D eigenvalue weighted by Crippen LogP contribution is -2.38. The molecule has 192 valence electrons. The molecule has 2 unspecified atom stereocenters. The molecule has 2 fully saturated rings. The smallest absolute Gasteiger partial charge is 0.302 e.